The molecule has 1 N–H and O–H groups in total. The largest absolute Gasteiger partial charge is 0.463 e. The van der Waals surface area contributed by atoms with E-state index >= 15 is 0 Å². The van der Waals surface area contributed by atoms with Crippen LogP contribution in [0.4, 0.5) is 0 Å². The predicted octanol–water partition coefficient (Wildman–Crippen LogP) is 3.98. The maximum absolute atomic E-state index is 11.4. The summed E-state index contributed by atoms with van der Waals surface area (Å²) in [7, 11) is 0. The van der Waals surface area contributed by atoms with Crippen molar-refractivity contribution >= 4 is 5.97 Å². The Balaban J connectivity index is 1.66. The summed E-state index contributed by atoms with van der Waals surface area (Å²) in [6.45, 7) is 1.95. The van der Waals surface area contributed by atoms with Gasteiger partial charge in [0.15, 0.2) is 6.29 Å². The smallest absolute Gasteiger partial charge is 0.302 e. The Bertz CT molecular complexity index is 939. The Morgan fingerprint density at radius 1 is 0.971 bits per heavy atom. The van der Waals surface area contributed by atoms with Crippen LogP contribution in [-0.4, -0.2) is 61.5 Å². The lowest BCUT2D eigenvalue weighted by atomic mass is 9.96. The van der Waals surface area contributed by atoms with Gasteiger partial charge < -0.3 is 24.1 Å². The summed E-state index contributed by atoms with van der Waals surface area (Å²) >= 11 is 0. The molecular formula is C26H33N3O6. The van der Waals surface area contributed by atoms with Crippen LogP contribution in [0.5, 0.6) is 0 Å². The second kappa shape index (κ2) is 14.5. The summed E-state index contributed by atoms with van der Waals surface area (Å²) in [5, 5.41) is 14.2. The van der Waals surface area contributed by atoms with Gasteiger partial charge in [-0.05, 0) is 42.3 Å². The van der Waals surface area contributed by atoms with Gasteiger partial charge in [-0.1, -0.05) is 65.8 Å². The standard InChI is InChI=1S/C26H33N3O6/c1-19(30)34-18-22-24(32-16-8-14-20-10-4-2-5-11-20)25(23(28-29-27)26(31)35-22)33-17-9-15-21-12-6-3-7-13-21/h2-7,10-13,22-26,31H,8-9,14-18H2,1H3/t22-,23-,24-,25-,26?/m1/s1. The van der Waals surface area contributed by atoms with E-state index in [1.54, 1.807) is 0 Å². The normalized spacial score (nSPS) is 23.9. The van der Waals surface area contributed by atoms with Gasteiger partial charge >= 0.3 is 5.97 Å². The SMILES string of the molecule is CC(=O)OC[C@H]1OC(O)[C@H](N=[N+]=[N-])[C@@H](OCCCc2ccccc2)[C@@H]1OCCCc1ccccc1. The topological polar surface area (TPSA) is 123 Å². The van der Waals surface area contributed by atoms with Gasteiger partial charge in [0, 0.05) is 25.0 Å². The average molecular weight is 484 g/mol. The fraction of sp³-hybridized carbons (Fsp3) is 0.500. The van der Waals surface area contributed by atoms with Crippen LogP contribution in [0.15, 0.2) is 65.8 Å². The molecule has 5 atom stereocenters. The van der Waals surface area contributed by atoms with Crippen molar-refractivity contribution < 1.29 is 28.8 Å². The first-order chi connectivity index (χ1) is 17.1. The molecule has 9 nitrogen and oxygen atoms in total. The molecular weight excluding hydrogens is 450 g/mol. The zero-order valence-electron chi connectivity index (χ0n) is 19.9. The highest BCUT2D eigenvalue weighted by atomic mass is 16.7. The minimum atomic E-state index is -1.41. The van der Waals surface area contributed by atoms with Crippen LogP contribution >= 0.6 is 0 Å². The van der Waals surface area contributed by atoms with E-state index in [1.165, 1.54) is 18.1 Å². The minimum Gasteiger partial charge on any atom is -0.463 e. The Morgan fingerprint density at radius 3 is 2.03 bits per heavy atom. The number of rotatable bonds is 13. The monoisotopic (exact) mass is 483 g/mol. The van der Waals surface area contributed by atoms with Gasteiger partial charge in [-0.2, -0.15) is 0 Å². The Hall–Kier alpha value is -2.94. The molecule has 1 heterocycles. The molecule has 35 heavy (non-hydrogen) atoms. The lowest BCUT2D eigenvalue weighted by molar-refractivity contribution is -0.268. The zero-order chi connectivity index (χ0) is 24.9. The molecule has 3 rings (SSSR count). The first kappa shape index (κ1) is 26.7. The van der Waals surface area contributed by atoms with E-state index in [0.29, 0.717) is 13.2 Å². The maximum Gasteiger partial charge on any atom is 0.302 e. The van der Waals surface area contributed by atoms with Gasteiger partial charge in [-0.15, -0.1) is 0 Å². The Morgan fingerprint density at radius 2 is 1.51 bits per heavy atom. The predicted molar refractivity (Wildman–Crippen MR) is 129 cm³/mol. The third kappa shape index (κ3) is 8.65. The number of hydrogen-bond donors (Lipinski definition) is 1. The number of aryl methyl sites for hydroxylation is 2. The molecule has 0 aliphatic carbocycles. The zero-order valence-corrected chi connectivity index (χ0v) is 19.9. The van der Waals surface area contributed by atoms with Crippen molar-refractivity contribution in [3.05, 3.63) is 82.2 Å². The summed E-state index contributed by atoms with van der Waals surface area (Å²) in [5.74, 6) is -0.469. The molecule has 1 saturated heterocycles. The van der Waals surface area contributed by atoms with Gasteiger partial charge in [0.05, 0.1) is 6.10 Å². The van der Waals surface area contributed by atoms with Gasteiger partial charge in [0.2, 0.25) is 0 Å². The number of benzene rings is 2. The summed E-state index contributed by atoms with van der Waals surface area (Å²) < 4.78 is 23.1. The number of carbonyl (C=O) groups excluding carboxylic acids is 1. The number of azide groups is 1. The summed E-state index contributed by atoms with van der Waals surface area (Å²) in [6, 6.07) is 19.1. The average Bonchev–Trinajstić information content (AvgIpc) is 2.87. The van der Waals surface area contributed by atoms with E-state index in [4.69, 9.17) is 24.5 Å². The van der Waals surface area contributed by atoms with Crippen molar-refractivity contribution in [3.8, 4) is 0 Å². The van der Waals surface area contributed by atoms with Crippen molar-refractivity contribution in [2.24, 2.45) is 5.11 Å². The van der Waals surface area contributed by atoms with Crippen LogP contribution in [0.25, 0.3) is 10.4 Å². The molecule has 1 aliphatic rings. The molecule has 2 aromatic rings. The molecule has 0 aromatic heterocycles. The van der Waals surface area contributed by atoms with E-state index in [1.807, 2.05) is 36.4 Å². The first-order valence-electron chi connectivity index (χ1n) is 11.9. The van der Waals surface area contributed by atoms with Crippen molar-refractivity contribution in [1.82, 2.24) is 0 Å². The fourth-order valence-electron chi connectivity index (χ4n) is 4.10. The molecule has 188 valence electrons. The molecule has 2 aromatic carbocycles. The van der Waals surface area contributed by atoms with Crippen molar-refractivity contribution in [3.63, 3.8) is 0 Å². The maximum atomic E-state index is 11.4. The van der Waals surface area contributed by atoms with Gasteiger partial charge in [0.1, 0.15) is 24.9 Å². The van der Waals surface area contributed by atoms with E-state index in [9.17, 15) is 9.90 Å². The molecule has 0 bridgehead atoms. The lowest BCUT2D eigenvalue weighted by Crippen LogP contribution is -2.60. The first-order valence-corrected chi connectivity index (χ1v) is 11.9. The molecule has 0 radical (unpaired) electrons. The number of ether oxygens (including phenoxy) is 4. The Kier molecular flexibility index (Phi) is 11.0. The Labute approximate surface area is 205 Å². The quantitative estimate of drug-likeness (QED) is 0.151. The van der Waals surface area contributed by atoms with Crippen molar-refractivity contribution in [1.29, 1.82) is 0 Å². The van der Waals surface area contributed by atoms with E-state index in [0.717, 1.165) is 25.7 Å². The van der Waals surface area contributed by atoms with E-state index in [2.05, 4.69) is 34.3 Å². The number of aliphatic hydroxyl groups is 1. The molecule has 1 aliphatic heterocycles. The summed E-state index contributed by atoms with van der Waals surface area (Å²) in [6.07, 6.45) is -0.508. The number of hydrogen-bond acceptors (Lipinski definition) is 7. The highest BCUT2D eigenvalue weighted by Crippen LogP contribution is 2.28. The van der Waals surface area contributed by atoms with Gasteiger partial charge in [-0.25, -0.2) is 0 Å². The van der Waals surface area contributed by atoms with Crippen molar-refractivity contribution in [2.45, 2.75) is 63.3 Å². The van der Waals surface area contributed by atoms with Crippen LogP contribution in [0, 0.1) is 0 Å². The molecule has 1 unspecified atom stereocenters. The molecule has 0 saturated carbocycles. The summed E-state index contributed by atoms with van der Waals surface area (Å²) in [4.78, 5) is 14.3. The molecule has 9 heteroatoms. The van der Waals surface area contributed by atoms with Gasteiger partial charge in [0.25, 0.3) is 0 Å². The molecule has 0 amide bonds. The summed E-state index contributed by atoms with van der Waals surface area (Å²) in [5.41, 5.74) is 11.5. The number of carbonyl (C=O) groups is 1. The second-order valence-corrected chi connectivity index (χ2v) is 8.41. The minimum absolute atomic E-state index is 0.109. The van der Waals surface area contributed by atoms with Crippen LogP contribution in [0.2, 0.25) is 0 Å². The number of nitrogens with zero attached hydrogens (tertiary/aromatic N) is 3. The molecule has 1 fully saturated rings. The van der Waals surface area contributed by atoms with Gasteiger partial charge in [-0.3, -0.25) is 4.79 Å². The third-order valence-corrected chi connectivity index (χ3v) is 5.79. The number of esters is 1. The molecule has 0 spiro atoms. The van der Waals surface area contributed by atoms with Crippen LogP contribution < -0.4 is 0 Å². The second-order valence-electron chi connectivity index (χ2n) is 8.41. The fourth-order valence-corrected chi connectivity index (χ4v) is 4.10. The lowest BCUT2D eigenvalue weighted by Gasteiger charge is -2.43. The van der Waals surface area contributed by atoms with Crippen LogP contribution in [0.1, 0.15) is 30.9 Å². The third-order valence-electron chi connectivity index (χ3n) is 5.79. The van der Waals surface area contributed by atoms with Crippen LogP contribution in [-0.2, 0) is 36.6 Å². The number of aliphatic hydroxyl groups excluding tert-OH is 1. The van der Waals surface area contributed by atoms with Crippen molar-refractivity contribution in [2.75, 3.05) is 19.8 Å². The highest BCUT2D eigenvalue weighted by Gasteiger charge is 2.47. The van der Waals surface area contributed by atoms with E-state index in [-0.39, 0.29) is 6.61 Å². The van der Waals surface area contributed by atoms with E-state index < -0.39 is 36.6 Å². The highest BCUT2D eigenvalue weighted by molar-refractivity contribution is 5.65. The van der Waals surface area contributed by atoms with Crippen LogP contribution in [0.3, 0.4) is 0 Å².